The van der Waals surface area contributed by atoms with Crippen molar-refractivity contribution in [2.45, 2.75) is 39.8 Å². The first-order valence-corrected chi connectivity index (χ1v) is 7.40. The number of hydrogen-bond donors (Lipinski definition) is 1. The van der Waals surface area contributed by atoms with Crippen LogP contribution in [0.3, 0.4) is 0 Å². The van der Waals surface area contributed by atoms with Gasteiger partial charge in [0.25, 0.3) is 0 Å². The van der Waals surface area contributed by atoms with Gasteiger partial charge in [0.1, 0.15) is 5.82 Å². The molecule has 0 bridgehead atoms. The number of halogens is 1. The molecule has 0 aliphatic heterocycles. The molecular formula is C16H21FN4O. The Balaban J connectivity index is 2.08. The van der Waals surface area contributed by atoms with E-state index in [-0.39, 0.29) is 12.4 Å². The van der Waals surface area contributed by atoms with Crippen LogP contribution < -0.4 is 5.32 Å². The van der Waals surface area contributed by atoms with Crippen molar-refractivity contribution in [3.8, 4) is 0 Å². The number of aromatic nitrogens is 3. The average molecular weight is 304 g/mol. The Morgan fingerprint density at radius 2 is 1.91 bits per heavy atom. The standard InChI is InChI=1S/C16H21FN4O/c1-4-14-15(5-2)20-21-16(19-14)18-9-11-6-7-13(17)12(8-11)10-22-3/h6-8H,4-5,9-10H2,1-3H3,(H,18,19,21). The fraction of sp³-hybridized carbons (Fsp3) is 0.438. The molecule has 5 nitrogen and oxygen atoms in total. The Bertz CT molecular complexity index is 634. The molecule has 118 valence electrons. The summed E-state index contributed by atoms with van der Waals surface area (Å²) in [5.74, 6) is 0.232. The summed E-state index contributed by atoms with van der Waals surface area (Å²) < 4.78 is 18.6. The molecule has 0 amide bonds. The fourth-order valence-corrected chi connectivity index (χ4v) is 2.20. The third kappa shape index (κ3) is 3.98. The summed E-state index contributed by atoms with van der Waals surface area (Å²) in [6.07, 6.45) is 1.64. The molecule has 1 aromatic heterocycles. The predicted molar refractivity (Wildman–Crippen MR) is 83.0 cm³/mol. The zero-order valence-corrected chi connectivity index (χ0v) is 13.2. The summed E-state index contributed by atoms with van der Waals surface area (Å²) in [5, 5.41) is 11.4. The minimum absolute atomic E-state index is 0.253. The second kappa shape index (κ2) is 7.79. The van der Waals surface area contributed by atoms with E-state index in [1.54, 1.807) is 19.2 Å². The molecule has 1 heterocycles. The van der Waals surface area contributed by atoms with E-state index in [0.717, 1.165) is 29.8 Å². The number of aryl methyl sites for hydroxylation is 2. The van der Waals surface area contributed by atoms with Gasteiger partial charge in [0.2, 0.25) is 5.95 Å². The maximum Gasteiger partial charge on any atom is 0.243 e. The fourth-order valence-electron chi connectivity index (χ4n) is 2.20. The molecule has 2 aromatic rings. The van der Waals surface area contributed by atoms with E-state index in [0.29, 0.717) is 18.1 Å². The molecule has 0 fully saturated rings. The Morgan fingerprint density at radius 1 is 1.14 bits per heavy atom. The summed E-state index contributed by atoms with van der Waals surface area (Å²) in [6.45, 7) is 4.84. The molecule has 2 rings (SSSR count). The van der Waals surface area contributed by atoms with Crippen LogP contribution in [0.1, 0.15) is 36.4 Å². The normalized spacial score (nSPS) is 10.7. The molecule has 0 unspecified atom stereocenters. The van der Waals surface area contributed by atoms with E-state index < -0.39 is 0 Å². The van der Waals surface area contributed by atoms with Crippen molar-refractivity contribution in [3.63, 3.8) is 0 Å². The molecule has 1 aromatic carbocycles. The van der Waals surface area contributed by atoms with Gasteiger partial charge in [-0.1, -0.05) is 19.9 Å². The minimum atomic E-state index is -0.260. The van der Waals surface area contributed by atoms with Crippen molar-refractivity contribution in [2.24, 2.45) is 0 Å². The zero-order valence-electron chi connectivity index (χ0n) is 13.2. The number of ether oxygens (including phenoxy) is 1. The van der Waals surface area contributed by atoms with Gasteiger partial charge < -0.3 is 10.1 Å². The second-order valence-corrected chi connectivity index (χ2v) is 4.95. The molecule has 0 radical (unpaired) electrons. The largest absolute Gasteiger partial charge is 0.380 e. The third-order valence-corrected chi connectivity index (χ3v) is 3.37. The van der Waals surface area contributed by atoms with Crippen molar-refractivity contribution in [2.75, 3.05) is 12.4 Å². The van der Waals surface area contributed by atoms with Crippen LogP contribution in [0.2, 0.25) is 0 Å². The first-order valence-electron chi connectivity index (χ1n) is 7.40. The van der Waals surface area contributed by atoms with Crippen LogP contribution >= 0.6 is 0 Å². The minimum Gasteiger partial charge on any atom is -0.380 e. The number of benzene rings is 1. The highest BCUT2D eigenvalue weighted by molar-refractivity contribution is 5.31. The highest BCUT2D eigenvalue weighted by Crippen LogP contribution is 2.13. The van der Waals surface area contributed by atoms with Crippen LogP contribution in [0, 0.1) is 5.82 Å². The van der Waals surface area contributed by atoms with E-state index in [1.165, 1.54) is 6.07 Å². The number of hydrogen-bond acceptors (Lipinski definition) is 5. The lowest BCUT2D eigenvalue weighted by molar-refractivity contribution is 0.181. The molecule has 0 saturated carbocycles. The van der Waals surface area contributed by atoms with Gasteiger partial charge in [-0.05, 0) is 30.5 Å². The smallest absolute Gasteiger partial charge is 0.243 e. The monoisotopic (exact) mass is 304 g/mol. The van der Waals surface area contributed by atoms with Crippen molar-refractivity contribution in [1.29, 1.82) is 0 Å². The van der Waals surface area contributed by atoms with Crippen LogP contribution in [-0.4, -0.2) is 22.3 Å². The van der Waals surface area contributed by atoms with E-state index in [4.69, 9.17) is 4.74 Å². The summed E-state index contributed by atoms with van der Waals surface area (Å²) in [5.41, 5.74) is 3.36. The van der Waals surface area contributed by atoms with Crippen LogP contribution in [0.15, 0.2) is 18.2 Å². The zero-order chi connectivity index (χ0) is 15.9. The van der Waals surface area contributed by atoms with E-state index in [2.05, 4.69) is 20.5 Å². The quantitative estimate of drug-likeness (QED) is 0.852. The predicted octanol–water partition coefficient (Wildman–Crippen LogP) is 2.89. The Labute approximate surface area is 129 Å². The number of anilines is 1. The van der Waals surface area contributed by atoms with Gasteiger partial charge in [-0.3, -0.25) is 0 Å². The summed E-state index contributed by atoms with van der Waals surface area (Å²) in [6, 6.07) is 4.96. The Kier molecular flexibility index (Phi) is 5.77. The van der Waals surface area contributed by atoms with Crippen LogP contribution in [-0.2, 0) is 30.7 Å². The summed E-state index contributed by atoms with van der Waals surface area (Å²) in [7, 11) is 1.55. The van der Waals surface area contributed by atoms with Gasteiger partial charge in [-0.15, -0.1) is 5.10 Å². The topological polar surface area (TPSA) is 59.9 Å². The van der Waals surface area contributed by atoms with Gasteiger partial charge in [0, 0.05) is 19.2 Å². The summed E-state index contributed by atoms with van der Waals surface area (Å²) >= 11 is 0. The molecule has 1 N–H and O–H groups in total. The number of rotatable bonds is 7. The van der Waals surface area contributed by atoms with Crippen molar-refractivity contribution in [1.82, 2.24) is 15.2 Å². The Hall–Kier alpha value is -2.08. The van der Waals surface area contributed by atoms with E-state index >= 15 is 0 Å². The Morgan fingerprint density at radius 3 is 2.59 bits per heavy atom. The van der Waals surface area contributed by atoms with Gasteiger partial charge in [0.15, 0.2) is 0 Å². The second-order valence-electron chi connectivity index (χ2n) is 4.95. The molecular weight excluding hydrogens is 283 g/mol. The lowest BCUT2D eigenvalue weighted by atomic mass is 10.1. The maximum absolute atomic E-state index is 13.6. The molecule has 0 atom stereocenters. The highest BCUT2D eigenvalue weighted by Gasteiger charge is 2.07. The van der Waals surface area contributed by atoms with Crippen molar-refractivity contribution in [3.05, 3.63) is 46.5 Å². The third-order valence-electron chi connectivity index (χ3n) is 3.37. The van der Waals surface area contributed by atoms with Crippen LogP contribution in [0.25, 0.3) is 0 Å². The van der Waals surface area contributed by atoms with Crippen molar-refractivity contribution >= 4 is 5.95 Å². The van der Waals surface area contributed by atoms with Gasteiger partial charge in [-0.25, -0.2) is 9.37 Å². The van der Waals surface area contributed by atoms with Crippen LogP contribution in [0.5, 0.6) is 0 Å². The van der Waals surface area contributed by atoms with Gasteiger partial charge in [-0.2, -0.15) is 5.10 Å². The van der Waals surface area contributed by atoms with E-state index in [1.807, 2.05) is 13.8 Å². The molecule has 0 aliphatic rings. The van der Waals surface area contributed by atoms with Gasteiger partial charge >= 0.3 is 0 Å². The van der Waals surface area contributed by atoms with E-state index in [9.17, 15) is 4.39 Å². The summed E-state index contributed by atoms with van der Waals surface area (Å²) in [4.78, 5) is 4.47. The first-order chi connectivity index (χ1) is 10.7. The number of nitrogens with one attached hydrogen (secondary N) is 1. The average Bonchev–Trinajstić information content (AvgIpc) is 2.55. The molecule has 0 saturated heterocycles. The van der Waals surface area contributed by atoms with Crippen molar-refractivity contribution < 1.29 is 9.13 Å². The highest BCUT2D eigenvalue weighted by atomic mass is 19.1. The van der Waals surface area contributed by atoms with Gasteiger partial charge in [0.05, 0.1) is 18.0 Å². The molecule has 22 heavy (non-hydrogen) atoms. The SMILES string of the molecule is CCc1nnc(NCc2ccc(F)c(COC)c2)nc1CC. The molecule has 0 aliphatic carbocycles. The number of nitrogens with zero attached hydrogens (tertiary/aromatic N) is 3. The first kappa shape index (κ1) is 16.3. The molecule has 0 spiro atoms. The maximum atomic E-state index is 13.6. The number of methoxy groups -OCH3 is 1. The van der Waals surface area contributed by atoms with Crippen LogP contribution in [0.4, 0.5) is 10.3 Å². The lowest BCUT2D eigenvalue weighted by Crippen LogP contribution is -2.09. The lowest BCUT2D eigenvalue weighted by Gasteiger charge is -2.09. The molecule has 6 heteroatoms.